The highest BCUT2D eigenvalue weighted by atomic mass is 16.3. The highest BCUT2D eigenvalue weighted by Crippen LogP contribution is 2.28. The first-order chi connectivity index (χ1) is 8.24. The lowest BCUT2D eigenvalue weighted by molar-refractivity contribution is 0.194. The number of rotatable bonds is 5. The molecule has 2 aliphatic heterocycles. The minimum atomic E-state index is 0.246. The van der Waals surface area contributed by atoms with E-state index in [4.69, 9.17) is 5.11 Å². The van der Waals surface area contributed by atoms with E-state index < -0.39 is 0 Å². The fourth-order valence-electron chi connectivity index (χ4n) is 3.25. The van der Waals surface area contributed by atoms with E-state index in [1.54, 1.807) is 0 Å². The van der Waals surface area contributed by atoms with E-state index in [-0.39, 0.29) is 12.6 Å². The maximum atomic E-state index is 9.17. The first-order valence-electron chi connectivity index (χ1n) is 6.97. The molecule has 2 bridgehead atoms. The number of nitrogens with one attached hydrogen (secondary N) is 1. The highest BCUT2D eigenvalue weighted by molar-refractivity contribution is 4.91. The molecule has 2 heterocycles. The number of aliphatic hydroxyl groups excluding tert-OH is 1. The molecule has 3 unspecified atom stereocenters. The molecule has 0 spiro atoms. The monoisotopic (exact) mass is 241 g/mol. The Morgan fingerprint density at radius 2 is 2.06 bits per heavy atom. The zero-order chi connectivity index (χ0) is 12.3. The van der Waals surface area contributed by atoms with Crippen molar-refractivity contribution in [1.29, 1.82) is 0 Å². The molecule has 4 nitrogen and oxygen atoms in total. The number of likely N-dealkylation sites (N-methyl/N-ethyl adjacent to an activating group) is 2. The molecule has 2 aliphatic rings. The van der Waals surface area contributed by atoms with Crippen LogP contribution in [0, 0.1) is 0 Å². The van der Waals surface area contributed by atoms with Crippen LogP contribution in [0.25, 0.3) is 0 Å². The first kappa shape index (κ1) is 13.3. The van der Waals surface area contributed by atoms with Crippen LogP contribution in [-0.2, 0) is 0 Å². The van der Waals surface area contributed by atoms with E-state index in [2.05, 4.69) is 22.2 Å². The topological polar surface area (TPSA) is 38.7 Å². The van der Waals surface area contributed by atoms with Crippen molar-refractivity contribution in [3.8, 4) is 0 Å². The lowest BCUT2D eigenvalue weighted by Crippen LogP contribution is -2.39. The van der Waals surface area contributed by atoms with Gasteiger partial charge in [0.2, 0.25) is 0 Å². The normalized spacial score (nSPS) is 32.6. The molecular weight excluding hydrogens is 214 g/mol. The number of hydrogen-bond donors (Lipinski definition) is 2. The third kappa shape index (κ3) is 3.19. The zero-order valence-electron chi connectivity index (χ0n) is 11.2. The first-order valence-corrected chi connectivity index (χ1v) is 6.97. The maximum Gasteiger partial charge on any atom is 0.0585 e. The van der Waals surface area contributed by atoms with Crippen LogP contribution < -0.4 is 5.32 Å². The molecule has 100 valence electrons. The van der Waals surface area contributed by atoms with Gasteiger partial charge >= 0.3 is 0 Å². The third-order valence-corrected chi connectivity index (χ3v) is 4.65. The predicted molar refractivity (Wildman–Crippen MR) is 70.2 cm³/mol. The third-order valence-electron chi connectivity index (χ3n) is 4.65. The number of aliphatic hydroxyl groups is 1. The van der Waals surface area contributed by atoms with E-state index in [9.17, 15) is 0 Å². The summed E-state index contributed by atoms with van der Waals surface area (Å²) in [6.45, 7) is 3.81. The SMILES string of the molecule is CNC(CO)CCN1CCC2CCC(C1)N2C. The number of likely N-dealkylation sites (tertiary alicyclic amines) is 1. The zero-order valence-corrected chi connectivity index (χ0v) is 11.2. The summed E-state index contributed by atoms with van der Waals surface area (Å²) >= 11 is 0. The molecule has 2 saturated heterocycles. The van der Waals surface area contributed by atoms with Gasteiger partial charge in [-0.2, -0.15) is 0 Å². The van der Waals surface area contributed by atoms with Crippen molar-refractivity contribution < 1.29 is 5.11 Å². The Labute approximate surface area is 105 Å². The van der Waals surface area contributed by atoms with Crippen LogP contribution in [0.3, 0.4) is 0 Å². The molecule has 0 aliphatic carbocycles. The van der Waals surface area contributed by atoms with Crippen molar-refractivity contribution >= 4 is 0 Å². The van der Waals surface area contributed by atoms with Gasteiger partial charge in [-0.05, 0) is 52.9 Å². The minimum Gasteiger partial charge on any atom is -0.395 e. The average Bonchev–Trinajstić information content (AvgIpc) is 2.57. The molecule has 2 N–H and O–H groups in total. The van der Waals surface area contributed by atoms with E-state index in [0.29, 0.717) is 0 Å². The van der Waals surface area contributed by atoms with Crippen LogP contribution in [0.1, 0.15) is 25.7 Å². The van der Waals surface area contributed by atoms with Crippen LogP contribution in [0.5, 0.6) is 0 Å². The van der Waals surface area contributed by atoms with Crippen molar-refractivity contribution in [2.24, 2.45) is 0 Å². The van der Waals surface area contributed by atoms with Gasteiger partial charge in [0.25, 0.3) is 0 Å². The molecule has 17 heavy (non-hydrogen) atoms. The Bertz CT molecular complexity index is 233. The Balaban J connectivity index is 1.79. The van der Waals surface area contributed by atoms with Gasteiger partial charge in [-0.25, -0.2) is 0 Å². The quantitative estimate of drug-likeness (QED) is 0.717. The predicted octanol–water partition coefficient (Wildman–Crippen LogP) is 0.125. The standard InChI is InChI=1S/C13H27N3O/c1-14-11(10-17)5-7-16-8-6-12-3-4-13(9-16)15(12)2/h11-14,17H,3-10H2,1-2H3. The van der Waals surface area contributed by atoms with Gasteiger partial charge in [0.15, 0.2) is 0 Å². The van der Waals surface area contributed by atoms with Crippen molar-refractivity contribution in [1.82, 2.24) is 15.1 Å². The molecule has 0 amide bonds. The summed E-state index contributed by atoms with van der Waals surface area (Å²) in [7, 11) is 4.22. The van der Waals surface area contributed by atoms with Gasteiger partial charge in [0, 0.05) is 24.7 Å². The van der Waals surface area contributed by atoms with Crippen LogP contribution in [0.15, 0.2) is 0 Å². The summed E-state index contributed by atoms with van der Waals surface area (Å²) < 4.78 is 0. The van der Waals surface area contributed by atoms with Gasteiger partial charge < -0.3 is 15.3 Å². The van der Waals surface area contributed by atoms with Gasteiger partial charge in [-0.15, -0.1) is 0 Å². The van der Waals surface area contributed by atoms with Crippen LogP contribution in [0.2, 0.25) is 0 Å². The second kappa shape index (κ2) is 6.14. The fourth-order valence-corrected chi connectivity index (χ4v) is 3.25. The Morgan fingerprint density at radius 3 is 2.76 bits per heavy atom. The molecule has 0 saturated carbocycles. The lowest BCUT2D eigenvalue weighted by atomic mass is 10.1. The summed E-state index contributed by atoms with van der Waals surface area (Å²) in [6.07, 6.45) is 5.13. The number of hydrogen-bond acceptors (Lipinski definition) is 4. The van der Waals surface area contributed by atoms with Gasteiger partial charge in [0.05, 0.1) is 6.61 Å². The van der Waals surface area contributed by atoms with Gasteiger partial charge in [0.1, 0.15) is 0 Å². The summed E-state index contributed by atoms with van der Waals surface area (Å²) in [5.41, 5.74) is 0. The van der Waals surface area contributed by atoms with E-state index in [1.165, 1.54) is 32.4 Å². The Morgan fingerprint density at radius 1 is 1.29 bits per heavy atom. The second-order valence-corrected chi connectivity index (χ2v) is 5.60. The van der Waals surface area contributed by atoms with E-state index in [0.717, 1.165) is 25.0 Å². The van der Waals surface area contributed by atoms with Crippen LogP contribution >= 0.6 is 0 Å². The molecule has 4 heteroatoms. The number of fused-ring (bicyclic) bond motifs is 2. The van der Waals surface area contributed by atoms with Crippen LogP contribution in [0.4, 0.5) is 0 Å². The molecule has 2 rings (SSSR count). The largest absolute Gasteiger partial charge is 0.395 e. The average molecular weight is 241 g/mol. The van der Waals surface area contributed by atoms with Gasteiger partial charge in [-0.1, -0.05) is 0 Å². The molecule has 2 fully saturated rings. The molecular formula is C13H27N3O. The molecule has 0 aromatic carbocycles. The summed E-state index contributed by atoms with van der Waals surface area (Å²) in [5.74, 6) is 0. The smallest absolute Gasteiger partial charge is 0.0585 e. The van der Waals surface area contributed by atoms with Crippen molar-refractivity contribution in [2.45, 2.75) is 43.8 Å². The molecule has 0 aromatic heterocycles. The fraction of sp³-hybridized carbons (Fsp3) is 1.00. The summed E-state index contributed by atoms with van der Waals surface area (Å²) in [4.78, 5) is 5.17. The van der Waals surface area contributed by atoms with E-state index >= 15 is 0 Å². The van der Waals surface area contributed by atoms with Crippen molar-refractivity contribution in [2.75, 3.05) is 40.3 Å². The molecule has 0 radical (unpaired) electrons. The van der Waals surface area contributed by atoms with Crippen molar-refractivity contribution in [3.63, 3.8) is 0 Å². The summed E-state index contributed by atoms with van der Waals surface area (Å²) in [6, 6.07) is 1.85. The minimum absolute atomic E-state index is 0.246. The second-order valence-electron chi connectivity index (χ2n) is 5.60. The number of nitrogens with zero attached hydrogens (tertiary/aromatic N) is 2. The van der Waals surface area contributed by atoms with E-state index in [1.807, 2.05) is 7.05 Å². The van der Waals surface area contributed by atoms with Gasteiger partial charge in [-0.3, -0.25) is 4.90 Å². The maximum absolute atomic E-state index is 9.17. The molecule has 0 aromatic rings. The Hall–Kier alpha value is -0.160. The van der Waals surface area contributed by atoms with Crippen LogP contribution in [-0.4, -0.2) is 73.4 Å². The Kier molecular flexibility index (Phi) is 4.79. The summed E-state index contributed by atoms with van der Waals surface area (Å²) in [5, 5.41) is 12.3. The molecule has 3 atom stereocenters. The lowest BCUT2D eigenvalue weighted by Gasteiger charge is -2.26. The highest BCUT2D eigenvalue weighted by Gasteiger charge is 2.34. The van der Waals surface area contributed by atoms with Crippen molar-refractivity contribution in [3.05, 3.63) is 0 Å².